The Morgan fingerprint density at radius 1 is 1.42 bits per heavy atom. The van der Waals surface area contributed by atoms with Crippen LogP contribution < -0.4 is 0 Å². The minimum Gasteiger partial charge on any atom is -0.411 e. The van der Waals surface area contributed by atoms with Crippen LogP contribution in [0.25, 0.3) is 0 Å². The fraction of sp³-hybridized carbons (Fsp3) is 0.375. The predicted octanol–water partition coefficient (Wildman–Crippen LogP) is 2.52. The Morgan fingerprint density at radius 2 is 2.25 bits per heavy atom. The molecule has 0 unspecified atom stereocenters. The molecule has 3 rings (SSSR count). The van der Waals surface area contributed by atoms with Crippen molar-refractivity contribution >= 4 is 27.1 Å². The van der Waals surface area contributed by atoms with Gasteiger partial charge >= 0.3 is 0 Å². The maximum atomic E-state index is 12.9. The third-order valence-electron chi connectivity index (χ3n) is 4.20. The Labute approximate surface area is 145 Å². The predicted molar refractivity (Wildman–Crippen MR) is 93.3 cm³/mol. The number of hydrogen-bond acceptors (Lipinski definition) is 6. The zero-order valence-corrected chi connectivity index (χ0v) is 15.0. The molecule has 0 atom stereocenters. The maximum Gasteiger partial charge on any atom is 0.243 e. The molecular formula is C16H19N3O3S2. The topological polar surface area (TPSA) is 82.9 Å². The summed E-state index contributed by atoms with van der Waals surface area (Å²) in [6, 6.07) is 3.78. The Hall–Kier alpha value is -1.77. The lowest BCUT2D eigenvalue weighted by atomic mass is 9.98. The third-order valence-corrected chi connectivity index (χ3v) is 7.35. The molecule has 2 heterocycles. The van der Waals surface area contributed by atoms with E-state index in [0.717, 1.165) is 22.4 Å². The fourth-order valence-electron chi connectivity index (χ4n) is 2.82. The fourth-order valence-corrected chi connectivity index (χ4v) is 5.70. The molecule has 1 N–H and O–H groups in total. The van der Waals surface area contributed by atoms with Crippen molar-refractivity contribution in [1.29, 1.82) is 0 Å². The molecule has 0 fully saturated rings. The van der Waals surface area contributed by atoms with Crippen molar-refractivity contribution in [3.63, 3.8) is 0 Å². The van der Waals surface area contributed by atoms with Gasteiger partial charge in [-0.25, -0.2) is 12.7 Å². The van der Waals surface area contributed by atoms with E-state index in [1.54, 1.807) is 24.8 Å². The molecule has 8 heteroatoms. The van der Waals surface area contributed by atoms with E-state index < -0.39 is 10.0 Å². The average molecular weight is 365 g/mol. The van der Waals surface area contributed by atoms with Gasteiger partial charge in [0.1, 0.15) is 0 Å². The molecule has 2 aromatic heterocycles. The van der Waals surface area contributed by atoms with E-state index in [-0.39, 0.29) is 0 Å². The lowest BCUT2D eigenvalue weighted by molar-refractivity contribution is 0.317. The Balaban J connectivity index is 1.82. The second-order valence-electron chi connectivity index (χ2n) is 5.75. The van der Waals surface area contributed by atoms with Crippen LogP contribution in [0.4, 0.5) is 0 Å². The van der Waals surface area contributed by atoms with Crippen molar-refractivity contribution in [1.82, 2.24) is 9.29 Å². The summed E-state index contributed by atoms with van der Waals surface area (Å²) in [6.07, 6.45) is 6.23. The summed E-state index contributed by atoms with van der Waals surface area (Å²) in [5.41, 5.74) is 2.37. The van der Waals surface area contributed by atoms with Gasteiger partial charge in [-0.1, -0.05) is 11.2 Å². The number of oxime groups is 1. The first-order valence-electron chi connectivity index (χ1n) is 7.71. The van der Waals surface area contributed by atoms with Crippen LogP contribution in [0.1, 0.15) is 28.8 Å². The molecule has 1 aliphatic carbocycles. The van der Waals surface area contributed by atoms with Gasteiger partial charge in [-0.3, -0.25) is 4.98 Å². The number of pyridine rings is 1. The van der Waals surface area contributed by atoms with Crippen LogP contribution >= 0.6 is 11.3 Å². The molecule has 0 amide bonds. The van der Waals surface area contributed by atoms with Crippen LogP contribution in [-0.4, -0.2) is 42.2 Å². The molecule has 1 aliphatic rings. The zero-order valence-electron chi connectivity index (χ0n) is 13.3. The van der Waals surface area contributed by atoms with Crippen molar-refractivity contribution in [2.75, 3.05) is 13.6 Å². The second kappa shape index (κ2) is 7.00. The van der Waals surface area contributed by atoms with Crippen molar-refractivity contribution < 1.29 is 13.6 Å². The van der Waals surface area contributed by atoms with Crippen molar-refractivity contribution in [3.8, 4) is 0 Å². The quantitative estimate of drug-likeness (QED) is 0.652. The van der Waals surface area contributed by atoms with E-state index in [1.807, 2.05) is 12.1 Å². The Morgan fingerprint density at radius 3 is 2.96 bits per heavy atom. The van der Waals surface area contributed by atoms with Gasteiger partial charge in [0.25, 0.3) is 0 Å². The van der Waals surface area contributed by atoms with Gasteiger partial charge in [0.05, 0.1) is 15.5 Å². The van der Waals surface area contributed by atoms with Crippen LogP contribution in [-0.2, 0) is 22.9 Å². The molecule has 0 radical (unpaired) electrons. The molecule has 2 aromatic rings. The number of fused-ring (bicyclic) bond motifs is 1. The number of likely N-dealkylation sites (N-methyl/N-ethyl adjacent to an activating group) is 1. The summed E-state index contributed by atoms with van der Waals surface area (Å²) < 4.78 is 27.2. The highest BCUT2D eigenvalue weighted by Gasteiger charge is 2.30. The van der Waals surface area contributed by atoms with E-state index in [2.05, 4.69) is 10.1 Å². The zero-order chi connectivity index (χ0) is 17.2. The van der Waals surface area contributed by atoms with Crippen LogP contribution in [0, 0.1) is 0 Å². The normalized spacial score (nSPS) is 16.5. The lowest BCUT2D eigenvalue weighted by Gasteiger charge is -2.19. The number of rotatable bonds is 5. The van der Waals surface area contributed by atoms with Gasteiger partial charge < -0.3 is 5.21 Å². The van der Waals surface area contributed by atoms with Gasteiger partial charge in [0.15, 0.2) is 0 Å². The smallest absolute Gasteiger partial charge is 0.243 e. The minimum atomic E-state index is -3.55. The van der Waals surface area contributed by atoms with Gasteiger partial charge in [-0.05, 0) is 42.9 Å². The van der Waals surface area contributed by atoms with Crippen molar-refractivity contribution in [2.24, 2.45) is 5.16 Å². The number of nitrogens with zero attached hydrogens (tertiary/aromatic N) is 3. The van der Waals surface area contributed by atoms with Crippen LogP contribution in [0.3, 0.4) is 0 Å². The van der Waals surface area contributed by atoms with E-state index >= 15 is 0 Å². The summed E-state index contributed by atoms with van der Waals surface area (Å²) in [4.78, 5) is 5.19. The highest BCUT2D eigenvalue weighted by molar-refractivity contribution is 7.89. The molecule has 0 saturated heterocycles. The molecule has 24 heavy (non-hydrogen) atoms. The number of hydrogen-bond donors (Lipinski definition) is 1. The first-order valence-corrected chi connectivity index (χ1v) is 10.0. The molecule has 0 spiro atoms. The van der Waals surface area contributed by atoms with Crippen molar-refractivity contribution in [3.05, 3.63) is 45.9 Å². The lowest BCUT2D eigenvalue weighted by Crippen LogP contribution is -2.29. The SMILES string of the molecule is CN(CCc1cccnc1)S(=O)(=O)c1csc2c1CCC/C2=N/O. The van der Waals surface area contributed by atoms with Gasteiger partial charge in [-0.2, -0.15) is 0 Å². The third kappa shape index (κ3) is 3.22. The number of thiophene rings is 1. The largest absolute Gasteiger partial charge is 0.411 e. The van der Waals surface area contributed by atoms with Gasteiger partial charge in [-0.15, -0.1) is 11.3 Å². The second-order valence-corrected chi connectivity index (χ2v) is 8.64. The van der Waals surface area contributed by atoms with E-state index in [9.17, 15) is 8.42 Å². The Bertz CT molecular complexity index is 845. The van der Waals surface area contributed by atoms with Crippen molar-refractivity contribution in [2.45, 2.75) is 30.6 Å². The number of aromatic nitrogens is 1. The highest BCUT2D eigenvalue weighted by Crippen LogP contribution is 2.34. The van der Waals surface area contributed by atoms with E-state index in [0.29, 0.717) is 36.4 Å². The highest BCUT2D eigenvalue weighted by atomic mass is 32.2. The molecule has 0 aliphatic heterocycles. The molecule has 6 nitrogen and oxygen atoms in total. The average Bonchev–Trinajstić information content (AvgIpc) is 3.05. The summed E-state index contributed by atoms with van der Waals surface area (Å²) in [5.74, 6) is 0. The van der Waals surface area contributed by atoms with Gasteiger partial charge in [0, 0.05) is 31.4 Å². The molecule has 0 aromatic carbocycles. The maximum absolute atomic E-state index is 12.9. The first kappa shape index (κ1) is 17.1. The van der Waals surface area contributed by atoms with E-state index in [1.165, 1.54) is 15.6 Å². The minimum absolute atomic E-state index is 0.344. The molecule has 128 valence electrons. The summed E-state index contributed by atoms with van der Waals surface area (Å²) in [7, 11) is -1.96. The monoisotopic (exact) mass is 365 g/mol. The molecule has 0 saturated carbocycles. The summed E-state index contributed by atoms with van der Waals surface area (Å²) >= 11 is 1.34. The Kier molecular flexibility index (Phi) is 4.98. The summed E-state index contributed by atoms with van der Waals surface area (Å²) in [6.45, 7) is 0.388. The van der Waals surface area contributed by atoms with Crippen LogP contribution in [0.2, 0.25) is 0 Å². The molecule has 0 bridgehead atoms. The van der Waals surface area contributed by atoms with Crippen LogP contribution in [0.15, 0.2) is 40.0 Å². The van der Waals surface area contributed by atoms with Gasteiger partial charge in [0.2, 0.25) is 10.0 Å². The number of sulfonamides is 1. The van der Waals surface area contributed by atoms with E-state index in [4.69, 9.17) is 5.21 Å². The standard InChI is InChI=1S/C16H19N3O3S2/c1-19(9-7-12-4-3-8-17-10-12)24(21,22)15-11-23-16-13(15)5-2-6-14(16)18-20/h3-4,8,10-11,20H,2,5-7,9H2,1H3/b18-14-. The molecular weight excluding hydrogens is 346 g/mol. The summed E-state index contributed by atoms with van der Waals surface area (Å²) in [5, 5.41) is 14.1. The first-order chi connectivity index (χ1) is 11.5. The van der Waals surface area contributed by atoms with Crippen LogP contribution in [0.5, 0.6) is 0 Å².